The SMILES string of the molecule is CC(=O)C1CC(COC(N)=O)C1. The van der Waals surface area contributed by atoms with E-state index in [4.69, 9.17) is 5.73 Å². The van der Waals surface area contributed by atoms with Crippen molar-refractivity contribution in [2.45, 2.75) is 19.8 Å². The van der Waals surface area contributed by atoms with Crippen molar-refractivity contribution in [1.29, 1.82) is 0 Å². The van der Waals surface area contributed by atoms with E-state index in [1.54, 1.807) is 6.92 Å². The van der Waals surface area contributed by atoms with Gasteiger partial charge in [-0.05, 0) is 25.7 Å². The molecule has 4 nitrogen and oxygen atoms in total. The molecular weight excluding hydrogens is 158 g/mol. The van der Waals surface area contributed by atoms with E-state index in [1.807, 2.05) is 0 Å². The number of carbonyl (C=O) groups is 2. The fraction of sp³-hybridized carbons (Fsp3) is 0.750. The zero-order valence-electron chi connectivity index (χ0n) is 7.08. The molecule has 4 heteroatoms. The maximum Gasteiger partial charge on any atom is 0.404 e. The Labute approximate surface area is 71.1 Å². The molecule has 1 saturated carbocycles. The van der Waals surface area contributed by atoms with Crippen LogP contribution < -0.4 is 5.73 Å². The van der Waals surface area contributed by atoms with E-state index in [0.29, 0.717) is 12.5 Å². The van der Waals surface area contributed by atoms with Crippen molar-refractivity contribution in [1.82, 2.24) is 0 Å². The molecule has 1 rings (SSSR count). The Bertz CT molecular complexity index is 194. The summed E-state index contributed by atoms with van der Waals surface area (Å²) in [5, 5.41) is 0. The van der Waals surface area contributed by atoms with Gasteiger partial charge in [-0.3, -0.25) is 4.79 Å². The van der Waals surface area contributed by atoms with Crippen molar-refractivity contribution in [2.75, 3.05) is 6.61 Å². The molecule has 1 amide bonds. The lowest BCUT2D eigenvalue weighted by Crippen LogP contribution is -2.33. The average molecular weight is 171 g/mol. The molecule has 68 valence electrons. The number of hydrogen-bond donors (Lipinski definition) is 1. The van der Waals surface area contributed by atoms with Crippen LogP contribution in [0, 0.1) is 11.8 Å². The van der Waals surface area contributed by atoms with E-state index >= 15 is 0 Å². The average Bonchev–Trinajstić information content (AvgIpc) is 1.82. The van der Waals surface area contributed by atoms with Crippen LogP contribution in [0.4, 0.5) is 4.79 Å². The Hall–Kier alpha value is -1.06. The molecule has 0 bridgehead atoms. The highest BCUT2D eigenvalue weighted by Crippen LogP contribution is 2.34. The fourth-order valence-corrected chi connectivity index (χ4v) is 1.40. The summed E-state index contributed by atoms with van der Waals surface area (Å²) in [4.78, 5) is 21.0. The number of hydrogen-bond acceptors (Lipinski definition) is 3. The van der Waals surface area contributed by atoms with Gasteiger partial charge in [0, 0.05) is 5.92 Å². The smallest absolute Gasteiger partial charge is 0.404 e. The minimum Gasteiger partial charge on any atom is -0.449 e. The first-order valence-corrected chi connectivity index (χ1v) is 4.02. The maximum atomic E-state index is 10.8. The third-order valence-corrected chi connectivity index (χ3v) is 2.27. The third-order valence-electron chi connectivity index (χ3n) is 2.27. The van der Waals surface area contributed by atoms with Crippen molar-refractivity contribution in [3.8, 4) is 0 Å². The molecule has 0 spiro atoms. The molecule has 0 atom stereocenters. The second kappa shape index (κ2) is 3.56. The number of carbonyl (C=O) groups excluding carboxylic acids is 2. The first-order chi connectivity index (χ1) is 5.59. The van der Waals surface area contributed by atoms with Crippen molar-refractivity contribution in [3.63, 3.8) is 0 Å². The number of ether oxygens (including phenoxy) is 1. The Morgan fingerprint density at radius 1 is 1.50 bits per heavy atom. The van der Waals surface area contributed by atoms with Gasteiger partial charge in [0.2, 0.25) is 0 Å². The summed E-state index contributed by atoms with van der Waals surface area (Å²) in [5.41, 5.74) is 4.79. The first-order valence-electron chi connectivity index (χ1n) is 4.02. The molecule has 0 aliphatic heterocycles. The third kappa shape index (κ3) is 2.22. The van der Waals surface area contributed by atoms with E-state index in [2.05, 4.69) is 4.74 Å². The van der Waals surface area contributed by atoms with Gasteiger partial charge in [-0.15, -0.1) is 0 Å². The summed E-state index contributed by atoms with van der Waals surface area (Å²) in [5.74, 6) is 0.753. The standard InChI is InChI=1S/C8H13NO3/c1-5(10)7-2-6(3-7)4-12-8(9)11/h6-7H,2-4H2,1H3,(H2,9,11). The van der Waals surface area contributed by atoms with Gasteiger partial charge in [0.05, 0.1) is 6.61 Å². The quantitative estimate of drug-likeness (QED) is 0.679. The van der Waals surface area contributed by atoms with Gasteiger partial charge in [-0.25, -0.2) is 4.79 Å². The number of rotatable bonds is 3. The molecule has 1 fully saturated rings. The van der Waals surface area contributed by atoms with E-state index in [1.165, 1.54) is 0 Å². The lowest BCUT2D eigenvalue weighted by atomic mass is 9.73. The second-order valence-corrected chi connectivity index (χ2v) is 3.28. The van der Waals surface area contributed by atoms with Gasteiger partial charge in [-0.1, -0.05) is 0 Å². The van der Waals surface area contributed by atoms with Crippen molar-refractivity contribution >= 4 is 11.9 Å². The number of primary amides is 1. The Kier molecular flexibility index (Phi) is 2.68. The molecule has 0 heterocycles. The topological polar surface area (TPSA) is 69.4 Å². The minimum absolute atomic E-state index is 0.187. The van der Waals surface area contributed by atoms with Crippen LogP contribution in [0.2, 0.25) is 0 Å². The molecular formula is C8H13NO3. The largest absolute Gasteiger partial charge is 0.449 e. The number of ketones is 1. The number of Topliss-reactive ketones (excluding diaryl/α,β-unsaturated/α-hetero) is 1. The van der Waals surface area contributed by atoms with Gasteiger partial charge in [-0.2, -0.15) is 0 Å². The van der Waals surface area contributed by atoms with Crippen LogP contribution >= 0.6 is 0 Å². The van der Waals surface area contributed by atoms with Crippen LogP contribution in [0.25, 0.3) is 0 Å². The molecule has 1 aliphatic carbocycles. The zero-order chi connectivity index (χ0) is 9.14. The summed E-state index contributed by atoms with van der Waals surface area (Å²) in [6, 6.07) is 0. The van der Waals surface area contributed by atoms with Crippen LogP contribution in [0.15, 0.2) is 0 Å². The summed E-state index contributed by atoms with van der Waals surface area (Å²) in [6.45, 7) is 1.95. The molecule has 12 heavy (non-hydrogen) atoms. The summed E-state index contributed by atoms with van der Waals surface area (Å²) >= 11 is 0. The van der Waals surface area contributed by atoms with Crippen molar-refractivity contribution < 1.29 is 14.3 Å². The van der Waals surface area contributed by atoms with E-state index < -0.39 is 6.09 Å². The molecule has 0 radical (unpaired) electrons. The van der Waals surface area contributed by atoms with Crippen LogP contribution in [-0.4, -0.2) is 18.5 Å². The monoisotopic (exact) mass is 171 g/mol. The molecule has 0 aromatic carbocycles. The summed E-state index contributed by atoms with van der Waals surface area (Å²) in [7, 11) is 0. The lowest BCUT2D eigenvalue weighted by molar-refractivity contribution is -0.125. The predicted molar refractivity (Wildman–Crippen MR) is 42.4 cm³/mol. The van der Waals surface area contributed by atoms with Crippen molar-refractivity contribution in [3.05, 3.63) is 0 Å². The zero-order valence-corrected chi connectivity index (χ0v) is 7.08. The first kappa shape index (κ1) is 9.03. The number of nitrogens with two attached hydrogens (primary N) is 1. The highest BCUT2D eigenvalue weighted by molar-refractivity contribution is 5.79. The van der Waals surface area contributed by atoms with E-state index in [0.717, 1.165) is 12.8 Å². The van der Waals surface area contributed by atoms with Gasteiger partial charge in [0.25, 0.3) is 0 Å². The summed E-state index contributed by atoms with van der Waals surface area (Å²) in [6.07, 6.45) is 0.937. The van der Waals surface area contributed by atoms with Crippen LogP contribution in [0.5, 0.6) is 0 Å². The lowest BCUT2D eigenvalue weighted by Gasteiger charge is -2.32. The maximum absolute atomic E-state index is 10.8. The van der Waals surface area contributed by atoms with E-state index in [-0.39, 0.29) is 11.7 Å². The highest BCUT2D eigenvalue weighted by atomic mass is 16.5. The predicted octanol–water partition coefficient (Wildman–Crippen LogP) is 0.697. The molecule has 1 aliphatic rings. The van der Waals surface area contributed by atoms with Crippen LogP contribution in [0.1, 0.15) is 19.8 Å². The molecule has 0 saturated heterocycles. The highest BCUT2D eigenvalue weighted by Gasteiger charge is 2.32. The van der Waals surface area contributed by atoms with Gasteiger partial charge in [0.15, 0.2) is 0 Å². The van der Waals surface area contributed by atoms with Crippen molar-refractivity contribution in [2.24, 2.45) is 17.6 Å². The van der Waals surface area contributed by atoms with Gasteiger partial charge in [0.1, 0.15) is 5.78 Å². The second-order valence-electron chi connectivity index (χ2n) is 3.28. The Morgan fingerprint density at radius 3 is 2.50 bits per heavy atom. The Balaban J connectivity index is 2.10. The molecule has 0 aromatic rings. The molecule has 0 unspecified atom stereocenters. The van der Waals surface area contributed by atoms with Crippen LogP contribution in [-0.2, 0) is 9.53 Å². The summed E-state index contributed by atoms with van der Waals surface area (Å²) < 4.78 is 4.60. The fourth-order valence-electron chi connectivity index (χ4n) is 1.40. The Morgan fingerprint density at radius 2 is 2.08 bits per heavy atom. The normalized spacial score (nSPS) is 27.4. The van der Waals surface area contributed by atoms with E-state index in [9.17, 15) is 9.59 Å². The van der Waals surface area contributed by atoms with Gasteiger partial charge >= 0.3 is 6.09 Å². The molecule has 2 N–H and O–H groups in total. The minimum atomic E-state index is -0.735. The van der Waals surface area contributed by atoms with Crippen LogP contribution in [0.3, 0.4) is 0 Å². The van der Waals surface area contributed by atoms with Gasteiger partial charge < -0.3 is 10.5 Å². The molecule has 0 aromatic heterocycles. The number of amides is 1.